The molecule has 3 aromatic rings. The minimum Gasteiger partial charge on any atom is -0.384 e. The number of carbonyl (C=O) groups excluding carboxylic acids is 1. The van der Waals surface area contributed by atoms with Crippen molar-refractivity contribution in [3.8, 4) is 11.3 Å². The smallest absolute Gasteiger partial charge is 0.196 e. The van der Waals surface area contributed by atoms with E-state index in [2.05, 4.69) is 26.4 Å². The summed E-state index contributed by atoms with van der Waals surface area (Å²) in [5, 5.41) is 9.13. The van der Waals surface area contributed by atoms with Crippen molar-refractivity contribution in [3.63, 3.8) is 0 Å². The van der Waals surface area contributed by atoms with Gasteiger partial charge in [-0.25, -0.2) is 0 Å². The van der Waals surface area contributed by atoms with Crippen LogP contribution in [0.15, 0.2) is 34.9 Å². The zero-order valence-electron chi connectivity index (χ0n) is 11.9. The predicted octanol–water partition coefficient (Wildman–Crippen LogP) is 4.15. The Balaban J connectivity index is 2.09. The van der Waals surface area contributed by atoms with Gasteiger partial charge in [0.15, 0.2) is 11.5 Å². The maximum Gasteiger partial charge on any atom is 0.196 e. The SMILES string of the molecule is Cc1cc(NCCBr)c2c3c(onc13)-c1ccccc1C2=O. The van der Waals surface area contributed by atoms with E-state index in [4.69, 9.17) is 4.52 Å². The summed E-state index contributed by atoms with van der Waals surface area (Å²) >= 11 is 3.41. The van der Waals surface area contributed by atoms with E-state index in [9.17, 15) is 4.79 Å². The highest BCUT2D eigenvalue weighted by Gasteiger charge is 2.31. The molecular formula is C17H13BrN2O2. The van der Waals surface area contributed by atoms with Crippen molar-refractivity contribution in [1.29, 1.82) is 0 Å². The number of rotatable bonds is 3. The Morgan fingerprint density at radius 2 is 2.05 bits per heavy atom. The van der Waals surface area contributed by atoms with E-state index in [1.165, 1.54) is 0 Å². The molecule has 0 unspecified atom stereocenters. The maximum atomic E-state index is 13.0. The number of nitrogens with one attached hydrogen (secondary N) is 1. The van der Waals surface area contributed by atoms with Gasteiger partial charge >= 0.3 is 0 Å². The second-order valence-electron chi connectivity index (χ2n) is 5.34. The summed E-state index contributed by atoms with van der Waals surface area (Å²) in [7, 11) is 0. The predicted molar refractivity (Wildman–Crippen MR) is 89.9 cm³/mol. The summed E-state index contributed by atoms with van der Waals surface area (Å²) in [5.74, 6) is 0.708. The van der Waals surface area contributed by atoms with E-state index in [0.29, 0.717) is 16.9 Å². The third-order valence-electron chi connectivity index (χ3n) is 4.00. The molecule has 0 spiro atoms. The lowest BCUT2D eigenvalue weighted by Crippen LogP contribution is -2.14. The molecule has 0 fully saturated rings. The first-order valence-electron chi connectivity index (χ1n) is 7.09. The van der Waals surface area contributed by atoms with Crippen molar-refractivity contribution in [2.45, 2.75) is 6.92 Å². The normalized spacial score (nSPS) is 12.5. The topological polar surface area (TPSA) is 55.1 Å². The molecule has 0 saturated heterocycles. The molecule has 0 radical (unpaired) electrons. The van der Waals surface area contributed by atoms with Crippen LogP contribution in [0, 0.1) is 6.92 Å². The third kappa shape index (κ3) is 1.75. The number of hydrogen-bond donors (Lipinski definition) is 1. The van der Waals surface area contributed by atoms with Crippen LogP contribution in [0.5, 0.6) is 0 Å². The van der Waals surface area contributed by atoms with Crippen LogP contribution in [-0.4, -0.2) is 22.8 Å². The number of alkyl halides is 1. The van der Waals surface area contributed by atoms with Gasteiger partial charge in [0.05, 0.1) is 10.9 Å². The molecule has 1 aliphatic carbocycles. The summed E-state index contributed by atoms with van der Waals surface area (Å²) in [6.07, 6.45) is 0. The maximum absolute atomic E-state index is 13.0. The Bertz CT molecular complexity index is 914. The molecule has 0 atom stereocenters. The Kier molecular flexibility index (Phi) is 3.04. The first-order valence-corrected chi connectivity index (χ1v) is 8.21. The van der Waals surface area contributed by atoms with Crippen molar-refractivity contribution in [3.05, 3.63) is 47.0 Å². The molecule has 1 N–H and O–H groups in total. The number of halogens is 1. The molecule has 1 heterocycles. The minimum atomic E-state index is 0.0216. The van der Waals surface area contributed by atoms with Crippen molar-refractivity contribution >= 4 is 38.3 Å². The lowest BCUT2D eigenvalue weighted by molar-refractivity contribution is 0.104. The Hall–Kier alpha value is -2.14. The van der Waals surface area contributed by atoms with Crippen LogP contribution in [0.3, 0.4) is 0 Å². The van der Waals surface area contributed by atoms with Gasteiger partial charge in [0.25, 0.3) is 0 Å². The zero-order valence-corrected chi connectivity index (χ0v) is 13.5. The highest BCUT2D eigenvalue weighted by molar-refractivity contribution is 9.09. The van der Waals surface area contributed by atoms with Gasteiger partial charge in [-0.05, 0) is 18.6 Å². The van der Waals surface area contributed by atoms with Gasteiger partial charge in [-0.2, -0.15) is 0 Å². The molecule has 110 valence electrons. The van der Waals surface area contributed by atoms with Gasteiger partial charge < -0.3 is 9.84 Å². The number of nitrogens with zero attached hydrogens (tertiary/aromatic N) is 1. The number of anilines is 1. The number of hydrogen-bond acceptors (Lipinski definition) is 4. The summed E-state index contributed by atoms with van der Waals surface area (Å²) < 4.78 is 5.57. The third-order valence-corrected chi connectivity index (χ3v) is 4.40. The van der Waals surface area contributed by atoms with Crippen LogP contribution < -0.4 is 5.32 Å². The van der Waals surface area contributed by atoms with Crippen LogP contribution >= 0.6 is 15.9 Å². The zero-order chi connectivity index (χ0) is 15.3. The Morgan fingerprint density at radius 3 is 2.82 bits per heavy atom. The average Bonchev–Trinajstić information content (AvgIpc) is 2.98. The number of ketones is 1. The summed E-state index contributed by atoms with van der Waals surface area (Å²) in [5.41, 5.74) is 4.75. The molecule has 4 nitrogen and oxygen atoms in total. The molecule has 2 aromatic carbocycles. The highest BCUT2D eigenvalue weighted by Crippen LogP contribution is 2.43. The lowest BCUT2D eigenvalue weighted by Gasteiger charge is -2.18. The van der Waals surface area contributed by atoms with Gasteiger partial charge in [-0.15, -0.1) is 0 Å². The summed E-state index contributed by atoms with van der Waals surface area (Å²) in [6, 6.07) is 9.49. The first kappa shape index (κ1) is 13.5. The molecular weight excluding hydrogens is 344 g/mol. The summed E-state index contributed by atoms with van der Waals surface area (Å²) in [6.45, 7) is 2.73. The van der Waals surface area contributed by atoms with Crippen LogP contribution in [0.2, 0.25) is 0 Å². The van der Waals surface area contributed by atoms with E-state index in [1.54, 1.807) is 0 Å². The van der Waals surface area contributed by atoms with Crippen molar-refractivity contribution in [2.24, 2.45) is 0 Å². The van der Waals surface area contributed by atoms with Crippen LogP contribution in [-0.2, 0) is 0 Å². The molecule has 1 aliphatic rings. The second kappa shape index (κ2) is 4.95. The van der Waals surface area contributed by atoms with E-state index in [-0.39, 0.29) is 5.78 Å². The van der Waals surface area contributed by atoms with E-state index < -0.39 is 0 Å². The fourth-order valence-corrected chi connectivity index (χ4v) is 3.24. The van der Waals surface area contributed by atoms with E-state index in [1.807, 2.05) is 37.3 Å². The molecule has 0 bridgehead atoms. The van der Waals surface area contributed by atoms with Gasteiger partial charge in [0.1, 0.15) is 5.52 Å². The highest BCUT2D eigenvalue weighted by atomic mass is 79.9. The largest absolute Gasteiger partial charge is 0.384 e. The molecule has 0 saturated carbocycles. The van der Waals surface area contributed by atoms with E-state index >= 15 is 0 Å². The second-order valence-corrected chi connectivity index (χ2v) is 6.13. The Morgan fingerprint density at radius 1 is 1.27 bits per heavy atom. The molecule has 0 amide bonds. The van der Waals surface area contributed by atoms with Crippen molar-refractivity contribution in [2.75, 3.05) is 17.2 Å². The molecule has 1 aromatic heterocycles. The van der Waals surface area contributed by atoms with Crippen LogP contribution in [0.1, 0.15) is 21.5 Å². The minimum absolute atomic E-state index is 0.0216. The number of aromatic nitrogens is 1. The quantitative estimate of drug-likeness (QED) is 0.560. The number of aryl methyl sites for hydroxylation is 1. The standard InChI is InChI=1S/C17H13BrN2O2/c1-9-8-12(19-7-6-18)13-14-15(9)20-22-17(14)11-5-3-2-4-10(11)16(13)21/h2-5,8,19H,6-7H2,1H3. The van der Waals surface area contributed by atoms with Gasteiger partial charge in [0.2, 0.25) is 0 Å². The fraction of sp³-hybridized carbons (Fsp3) is 0.176. The van der Waals surface area contributed by atoms with Crippen LogP contribution in [0.4, 0.5) is 5.69 Å². The lowest BCUT2D eigenvalue weighted by atomic mass is 9.86. The van der Waals surface area contributed by atoms with Crippen molar-refractivity contribution < 1.29 is 9.32 Å². The monoisotopic (exact) mass is 356 g/mol. The number of fused-ring (bicyclic) bond motifs is 2. The summed E-state index contributed by atoms with van der Waals surface area (Å²) in [4.78, 5) is 13.0. The first-order chi connectivity index (χ1) is 10.7. The fourth-order valence-electron chi connectivity index (χ4n) is 3.04. The molecule has 22 heavy (non-hydrogen) atoms. The van der Waals surface area contributed by atoms with Crippen LogP contribution in [0.25, 0.3) is 22.2 Å². The van der Waals surface area contributed by atoms with E-state index in [0.717, 1.165) is 39.6 Å². The van der Waals surface area contributed by atoms with Gasteiger partial charge in [0, 0.05) is 28.7 Å². The Labute approximate surface area is 135 Å². The number of benzene rings is 2. The molecule has 5 heteroatoms. The number of carbonyl (C=O) groups is 1. The molecule has 4 rings (SSSR count). The average molecular weight is 357 g/mol. The molecule has 0 aliphatic heterocycles. The van der Waals surface area contributed by atoms with Gasteiger partial charge in [-0.1, -0.05) is 45.4 Å². The van der Waals surface area contributed by atoms with Crippen molar-refractivity contribution in [1.82, 2.24) is 5.16 Å². The van der Waals surface area contributed by atoms with Gasteiger partial charge in [-0.3, -0.25) is 4.79 Å².